The Bertz CT molecular complexity index is 3290. The summed E-state index contributed by atoms with van der Waals surface area (Å²) < 4.78 is 950. The van der Waals surface area contributed by atoms with Gasteiger partial charge in [0.25, 0.3) is 0 Å². The zero-order valence-electron chi connectivity index (χ0n) is 45.6. The molecule has 0 aliphatic carbocycles. The summed E-state index contributed by atoms with van der Waals surface area (Å²) in [4.78, 5) is 0. The first-order valence-corrected chi connectivity index (χ1v) is 23.5. The molecule has 0 amide bonds. The molecule has 0 radical (unpaired) electrons. The number of halogens is 60. The first-order chi connectivity index (χ1) is 44.9. The van der Waals surface area contributed by atoms with E-state index >= 15 is 263 Å². The third-order valence-corrected chi connectivity index (χ3v) is 13.6. The molecule has 0 unspecified atom stereocenters. The Hall–Kier alpha value is -6.51. The van der Waals surface area contributed by atoms with Crippen molar-refractivity contribution in [1.82, 2.24) is 0 Å². The Morgan fingerprint density at radius 1 is 0.0943 bits per heavy atom. The summed E-state index contributed by atoms with van der Waals surface area (Å²) in [6.07, 6.45) is -217. The average Bonchev–Trinajstić information content (AvgIpc) is 0.642. The average molecular weight is 1790 g/mol. The molecule has 0 aliphatic heterocycles. The molecule has 0 aromatic heterocycles. The van der Waals surface area contributed by atoms with Gasteiger partial charge < -0.3 is 0 Å². The van der Waals surface area contributed by atoms with Crippen molar-refractivity contribution in [2.75, 3.05) is 0 Å². The molecule has 0 saturated heterocycles. The van der Waals surface area contributed by atoms with Gasteiger partial charge in [-0.1, -0.05) is 0 Å². The molecule has 0 aliphatic rings. The van der Waals surface area contributed by atoms with E-state index in [1.54, 1.807) is 0 Å². The summed E-state index contributed by atoms with van der Waals surface area (Å²) in [5, 5.41) is 0. The first-order valence-electron chi connectivity index (χ1n) is 23.5. The first kappa shape index (κ1) is 93.7. The van der Waals surface area contributed by atoms with E-state index in [0.29, 0.717) is 0 Å². The smallest absolute Gasteiger partial charge is 0.170 e. The van der Waals surface area contributed by atoms with E-state index < -0.39 is 263 Å². The standard InChI is InChI=1S/C44BF60.Ag/c46-25(47,48)1-5(29(58,59)60)13(37(82,83)84)21(14(38(85,86)87)6(1)30(61,62)63)45(22-15(39(88,89)90)7(31(64,65)66)2(26(49,50)51)8(32(67,68)69)16(22)40(91,92)93,23-17(41(94,95)96)9(33(70,71)72)3(27(52,53)54)10(34(73,74)75)18(23)42(97,98)99)24-19(43(100,101)102)11(35(76,77)78)4(28(55,56)57)12(36(79,80)81)20(24)44(103,104)105;/q-1;+1. The topological polar surface area (TPSA) is 0 Å². The molecule has 62 heteroatoms. The van der Waals surface area contributed by atoms with E-state index in [2.05, 4.69) is 0 Å². The van der Waals surface area contributed by atoms with Gasteiger partial charge >= 0.3 is 146 Å². The van der Waals surface area contributed by atoms with Gasteiger partial charge in [0.2, 0.25) is 0 Å². The van der Waals surface area contributed by atoms with E-state index in [4.69, 9.17) is 0 Å². The molecule has 0 bridgehead atoms. The predicted molar refractivity (Wildman–Crippen MR) is 210 cm³/mol. The fourth-order valence-electron chi connectivity index (χ4n) is 11.4. The molecule has 4 aromatic rings. The van der Waals surface area contributed by atoms with Crippen LogP contribution in [0.2, 0.25) is 0 Å². The molecule has 0 saturated carbocycles. The monoisotopic (exact) mass is 1790 g/mol. The second-order valence-electron chi connectivity index (χ2n) is 20.0. The Morgan fingerprint density at radius 2 is 0.142 bits per heavy atom. The molecule has 106 heavy (non-hydrogen) atoms. The van der Waals surface area contributed by atoms with Crippen molar-refractivity contribution in [3.8, 4) is 0 Å². The fraction of sp³-hybridized carbons (Fsp3) is 0.455. The molecular formula is C44AgBF60. The molecule has 0 N–H and O–H groups in total. The van der Waals surface area contributed by atoms with Crippen molar-refractivity contribution in [2.45, 2.75) is 124 Å². The molecule has 610 valence electrons. The molecule has 4 aromatic carbocycles. The van der Waals surface area contributed by atoms with Gasteiger partial charge in [0.15, 0.2) is 0 Å². The Balaban J connectivity index is 0.0000292. The zero-order chi connectivity index (χ0) is 84.4. The van der Waals surface area contributed by atoms with Crippen LogP contribution < -0.4 is 21.9 Å². The summed E-state index contributed by atoms with van der Waals surface area (Å²) in [6, 6.07) is 0. The van der Waals surface area contributed by atoms with Crippen LogP contribution in [0.25, 0.3) is 0 Å². The van der Waals surface area contributed by atoms with Crippen molar-refractivity contribution < 1.29 is 286 Å². The van der Waals surface area contributed by atoms with Crippen molar-refractivity contribution >= 4 is 28.0 Å². The van der Waals surface area contributed by atoms with Crippen LogP contribution in [-0.4, -0.2) is 6.15 Å². The third-order valence-electron chi connectivity index (χ3n) is 13.6. The molecule has 0 atom stereocenters. The molecule has 0 heterocycles. The minimum atomic E-state index is -14.0. The Kier molecular flexibility index (Phi) is 22.6. The summed E-state index contributed by atoms with van der Waals surface area (Å²) >= 11 is 0. The SMILES string of the molecule is FC(F)(F)c1c([B-](c2c(C(F)(F)F)c(C(F)(F)F)c(C(F)(F)F)c(C(F)(F)F)c2C(F)(F)F)(c2c(C(F)(F)F)c(C(F)(F)F)c(C(F)(F)F)c(C(F)(F)F)c2C(F)(F)F)c2c(C(F)(F)F)c(C(F)(F)F)c(C(F)(F)F)c(C(F)(F)F)c2C(F)(F)F)c(C(F)(F)F)c(C(F)(F)F)c(C(F)(F)F)c1C(F)(F)F.[Ag+]. The van der Waals surface area contributed by atoms with Crippen LogP contribution in [0.5, 0.6) is 0 Å². The van der Waals surface area contributed by atoms with Crippen LogP contribution in [-0.2, 0) is 146 Å². The van der Waals surface area contributed by atoms with E-state index in [9.17, 15) is 0 Å². The minimum Gasteiger partial charge on any atom is -0.170 e. The van der Waals surface area contributed by atoms with Gasteiger partial charge in [0.1, 0.15) is 6.15 Å². The maximum Gasteiger partial charge on any atom is 1.00 e. The number of rotatable bonds is 4. The van der Waals surface area contributed by atoms with Gasteiger partial charge in [-0.3, -0.25) is 0 Å². The van der Waals surface area contributed by atoms with Gasteiger partial charge in [-0.2, -0.15) is 285 Å². The van der Waals surface area contributed by atoms with Crippen LogP contribution in [0.3, 0.4) is 0 Å². The van der Waals surface area contributed by atoms with Gasteiger partial charge in [0.05, 0.1) is 66.8 Å². The molecule has 0 fully saturated rings. The molecule has 4 rings (SSSR count). The van der Waals surface area contributed by atoms with E-state index in [-0.39, 0.29) is 22.4 Å². The number of hydrogen-bond acceptors (Lipinski definition) is 0. The summed E-state index contributed by atoms with van der Waals surface area (Å²) in [5.74, 6) is 0. The van der Waals surface area contributed by atoms with Crippen molar-refractivity contribution in [3.05, 3.63) is 111 Å². The molecule has 0 spiro atoms. The number of alkyl halides is 60. The Morgan fingerprint density at radius 3 is 0.189 bits per heavy atom. The normalized spacial score (nSPS) is 15.3. The maximum atomic E-state index is 16.4. The molecule has 0 nitrogen and oxygen atoms in total. The molecular weight excluding hydrogens is 1790 g/mol. The summed E-state index contributed by atoms with van der Waals surface area (Å²) in [7, 11) is 0. The van der Waals surface area contributed by atoms with Crippen LogP contribution >= 0.6 is 0 Å². The van der Waals surface area contributed by atoms with Gasteiger partial charge in [-0.05, 0) is 0 Å². The zero-order valence-corrected chi connectivity index (χ0v) is 47.0. The van der Waals surface area contributed by atoms with E-state index in [1.807, 2.05) is 0 Å². The van der Waals surface area contributed by atoms with E-state index in [0.717, 1.165) is 0 Å². The van der Waals surface area contributed by atoms with Crippen molar-refractivity contribution in [1.29, 1.82) is 0 Å². The van der Waals surface area contributed by atoms with Crippen LogP contribution in [0.1, 0.15) is 111 Å². The van der Waals surface area contributed by atoms with Gasteiger partial charge in [0, 0.05) is 44.5 Å². The van der Waals surface area contributed by atoms with Gasteiger partial charge in [-0.25, -0.2) is 0 Å². The Labute approximate surface area is 548 Å². The second-order valence-corrected chi connectivity index (χ2v) is 20.0. The quantitative estimate of drug-likeness (QED) is 0.141. The fourth-order valence-corrected chi connectivity index (χ4v) is 11.4. The maximum absolute atomic E-state index is 16.4. The van der Waals surface area contributed by atoms with Crippen LogP contribution in [0.15, 0.2) is 0 Å². The third kappa shape index (κ3) is 16.6. The number of benzene rings is 4. The number of hydrogen-bond donors (Lipinski definition) is 0. The minimum absolute atomic E-state index is 0. The van der Waals surface area contributed by atoms with Gasteiger partial charge in [-0.15, -0.1) is 0 Å². The summed E-state index contributed by atoms with van der Waals surface area (Å²) in [5.41, 5.74) is -187. The predicted octanol–water partition coefficient (Wildman–Crippen LogP) is 23.4. The largest absolute Gasteiger partial charge is 1.00 e. The van der Waals surface area contributed by atoms with Crippen LogP contribution in [0, 0.1) is 0 Å². The van der Waals surface area contributed by atoms with Crippen molar-refractivity contribution in [3.63, 3.8) is 0 Å². The van der Waals surface area contributed by atoms with E-state index in [1.165, 1.54) is 0 Å². The summed E-state index contributed by atoms with van der Waals surface area (Å²) in [6.45, 7) is 0. The van der Waals surface area contributed by atoms with Crippen molar-refractivity contribution in [2.24, 2.45) is 0 Å². The second kappa shape index (κ2) is 25.5. The van der Waals surface area contributed by atoms with Crippen LogP contribution in [0.4, 0.5) is 263 Å².